The molecule has 2 aromatic carbocycles. The van der Waals surface area contributed by atoms with Crippen molar-refractivity contribution in [2.24, 2.45) is 0 Å². The number of aromatic nitrogens is 2. The number of hydrogen-bond donors (Lipinski definition) is 2. The van der Waals surface area contributed by atoms with Crippen LogP contribution in [0.4, 0.5) is 5.69 Å². The molecule has 1 aromatic heterocycles. The van der Waals surface area contributed by atoms with E-state index in [2.05, 4.69) is 32.3 Å². The molecule has 1 amide bonds. The quantitative estimate of drug-likeness (QED) is 0.311. The van der Waals surface area contributed by atoms with Crippen LogP contribution >= 0.6 is 0 Å². The maximum atomic E-state index is 13.5. The van der Waals surface area contributed by atoms with Gasteiger partial charge >= 0.3 is 21.9 Å². The summed E-state index contributed by atoms with van der Waals surface area (Å²) in [4.78, 5) is 24.1. The Labute approximate surface area is 223 Å². The Morgan fingerprint density at radius 1 is 1.03 bits per heavy atom. The molecular formula is C27H33N5O5S. The molecule has 1 saturated heterocycles. The first kappa shape index (κ1) is 27.5. The number of carbonyl (C=O) groups excluding carboxylic acids is 1. The number of hydrogen-bond acceptors (Lipinski definition) is 9. The number of benzene rings is 2. The number of piperidine rings is 1. The summed E-state index contributed by atoms with van der Waals surface area (Å²) < 4.78 is 37.4. The molecular weight excluding hydrogens is 506 g/mol. The highest BCUT2D eigenvalue weighted by Gasteiger charge is 2.44. The second-order valence-corrected chi connectivity index (χ2v) is 11.0. The molecule has 3 aromatic rings. The lowest BCUT2D eigenvalue weighted by Crippen LogP contribution is -2.56. The average Bonchev–Trinajstić information content (AvgIpc) is 2.89. The third-order valence-electron chi connectivity index (χ3n) is 6.48. The van der Waals surface area contributed by atoms with E-state index in [9.17, 15) is 13.2 Å². The predicted molar refractivity (Wildman–Crippen MR) is 143 cm³/mol. The maximum Gasteiger partial charge on any atom is 0.319 e. The van der Waals surface area contributed by atoms with E-state index in [-0.39, 0.29) is 16.9 Å². The molecule has 1 aliphatic rings. The van der Waals surface area contributed by atoms with Crippen LogP contribution in [0.15, 0.2) is 65.6 Å². The molecule has 0 spiro atoms. The van der Waals surface area contributed by atoms with E-state index in [0.29, 0.717) is 29.9 Å². The smallest absolute Gasteiger partial charge is 0.319 e. The number of rotatable bonds is 9. The maximum absolute atomic E-state index is 13.5. The van der Waals surface area contributed by atoms with Gasteiger partial charge in [-0.2, -0.15) is 18.4 Å². The van der Waals surface area contributed by atoms with Crippen molar-refractivity contribution in [3.05, 3.63) is 77.6 Å². The summed E-state index contributed by atoms with van der Waals surface area (Å²) in [6.45, 7) is 6.96. The zero-order chi connectivity index (χ0) is 27.3. The first-order chi connectivity index (χ1) is 18.1. The molecule has 0 radical (unpaired) electrons. The van der Waals surface area contributed by atoms with E-state index in [4.69, 9.17) is 14.7 Å². The molecule has 1 aliphatic heterocycles. The molecule has 4 rings (SSSR count). The third kappa shape index (κ3) is 6.66. The van der Waals surface area contributed by atoms with Crippen molar-refractivity contribution in [2.75, 3.05) is 18.8 Å². The van der Waals surface area contributed by atoms with Crippen LogP contribution in [0.5, 0.6) is 6.01 Å². The van der Waals surface area contributed by atoms with E-state index in [1.807, 2.05) is 18.2 Å². The number of ether oxygens (including phenoxy) is 1. The predicted octanol–water partition coefficient (Wildman–Crippen LogP) is 2.96. The Bertz CT molecular complexity index is 1340. The summed E-state index contributed by atoms with van der Waals surface area (Å²) in [6, 6.07) is 17.4. The third-order valence-corrected chi connectivity index (χ3v) is 7.86. The van der Waals surface area contributed by atoms with Gasteiger partial charge in [-0.05, 0) is 44.4 Å². The minimum absolute atomic E-state index is 0.109. The van der Waals surface area contributed by atoms with Gasteiger partial charge in [0, 0.05) is 32.6 Å². The minimum Gasteiger partial charge on any atom is -0.420 e. The summed E-state index contributed by atoms with van der Waals surface area (Å²) in [5, 5.41) is 2.92. The van der Waals surface area contributed by atoms with Crippen molar-refractivity contribution in [2.45, 2.75) is 56.9 Å². The molecule has 202 valence electrons. The summed E-state index contributed by atoms with van der Waals surface area (Å²) in [7, 11) is -4.37. The van der Waals surface area contributed by atoms with E-state index in [0.717, 1.165) is 19.6 Å². The second kappa shape index (κ2) is 11.5. The van der Waals surface area contributed by atoms with Crippen LogP contribution in [0.1, 0.15) is 36.7 Å². The molecule has 2 heterocycles. The summed E-state index contributed by atoms with van der Waals surface area (Å²) in [5.74, 6) is -3.01. The summed E-state index contributed by atoms with van der Waals surface area (Å²) in [6.07, 6.45) is 1.38. The normalized spacial score (nSPS) is 16.5. The topological polar surface area (TPSA) is 137 Å². The van der Waals surface area contributed by atoms with Crippen molar-refractivity contribution < 1.29 is 22.1 Å². The lowest BCUT2D eigenvalue weighted by molar-refractivity contribution is -0.163. The van der Waals surface area contributed by atoms with Crippen molar-refractivity contribution in [3.63, 3.8) is 0 Å². The van der Waals surface area contributed by atoms with Gasteiger partial charge in [0.15, 0.2) is 0 Å². The van der Waals surface area contributed by atoms with Gasteiger partial charge in [0.25, 0.3) is 5.91 Å². The average molecular weight is 540 g/mol. The number of carbonyl (C=O) groups is 1. The summed E-state index contributed by atoms with van der Waals surface area (Å²) in [5.41, 5.74) is 8.42. The number of nitrogen functional groups attached to an aromatic ring is 1. The standard InChI is InChI=1S/C27H33N5O5S/c1-19-24(28)20(2)30-26(29-19)36-27(3,37-38(34,35)23-12-8-5-9-13-23)25(33)31-22-14-16-32(17-15-22)18-21-10-6-4-7-11-21/h4-13,22H,14-18,28H2,1-3H3,(H,31,33). The Kier molecular flexibility index (Phi) is 8.29. The van der Waals surface area contributed by atoms with Crippen molar-refractivity contribution in [1.82, 2.24) is 20.2 Å². The number of nitrogens with one attached hydrogen (secondary N) is 1. The minimum atomic E-state index is -4.37. The van der Waals surface area contributed by atoms with Crippen molar-refractivity contribution >= 4 is 21.7 Å². The number of anilines is 1. The zero-order valence-corrected chi connectivity index (χ0v) is 22.6. The molecule has 11 heteroatoms. The molecule has 10 nitrogen and oxygen atoms in total. The highest BCUT2D eigenvalue weighted by atomic mass is 32.2. The van der Waals surface area contributed by atoms with Gasteiger partial charge < -0.3 is 15.8 Å². The number of likely N-dealkylation sites (tertiary alicyclic amines) is 1. The number of nitrogens with zero attached hydrogens (tertiary/aromatic N) is 3. The second-order valence-electron chi connectivity index (χ2n) is 9.50. The molecule has 1 fully saturated rings. The molecule has 0 saturated carbocycles. The van der Waals surface area contributed by atoms with Crippen molar-refractivity contribution in [3.8, 4) is 6.01 Å². The van der Waals surface area contributed by atoms with Crippen LogP contribution in [0.3, 0.4) is 0 Å². The van der Waals surface area contributed by atoms with Crippen LogP contribution in [-0.4, -0.2) is 54.1 Å². The highest BCUT2D eigenvalue weighted by molar-refractivity contribution is 7.86. The van der Waals surface area contributed by atoms with Gasteiger partial charge in [-0.15, -0.1) is 0 Å². The van der Waals surface area contributed by atoms with E-state index >= 15 is 0 Å². The van der Waals surface area contributed by atoms with Gasteiger partial charge in [-0.25, -0.2) is 4.18 Å². The van der Waals surface area contributed by atoms with Crippen LogP contribution < -0.4 is 15.8 Å². The first-order valence-corrected chi connectivity index (χ1v) is 13.8. The fourth-order valence-corrected chi connectivity index (χ4v) is 5.37. The lowest BCUT2D eigenvalue weighted by atomic mass is 10.0. The molecule has 1 atom stereocenters. The molecule has 0 bridgehead atoms. The highest BCUT2D eigenvalue weighted by Crippen LogP contribution is 2.26. The van der Waals surface area contributed by atoms with E-state index in [1.165, 1.54) is 24.6 Å². The Hall–Kier alpha value is -3.54. The largest absolute Gasteiger partial charge is 0.420 e. The van der Waals surface area contributed by atoms with Gasteiger partial charge in [-0.3, -0.25) is 9.69 Å². The van der Waals surface area contributed by atoms with Gasteiger partial charge in [0.1, 0.15) is 0 Å². The fourth-order valence-electron chi connectivity index (χ4n) is 4.25. The van der Waals surface area contributed by atoms with Crippen LogP contribution in [-0.2, 0) is 25.6 Å². The summed E-state index contributed by atoms with van der Waals surface area (Å²) >= 11 is 0. The van der Waals surface area contributed by atoms with Gasteiger partial charge in [0.2, 0.25) is 0 Å². The monoisotopic (exact) mass is 539 g/mol. The molecule has 3 N–H and O–H groups in total. The molecule has 0 aliphatic carbocycles. The Balaban J connectivity index is 1.50. The van der Waals surface area contributed by atoms with Crippen molar-refractivity contribution in [1.29, 1.82) is 0 Å². The molecule has 1 unspecified atom stereocenters. The fraction of sp³-hybridized carbons (Fsp3) is 0.370. The van der Waals surface area contributed by atoms with E-state index < -0.39 is 21.8 Å². The first-order valence-electron chi connectivity index (χ1n) is 12.4. The number of amides is 1. The van der Waals surface area contributed by atoms with E-state index in [1.54, 1.807) is 32.0 Å². The Morgan fingerprint density at radius 3 is 2.16 bits per heavy atom. The number of aryl methyl sites for hydroxylation is 2. The zero-order valence-electron chi connectivity index (χ0n) is 21.8. The SMILES string of the molecule is Cc1nc(OC(C)(OS(=O)(=O)c2ccccc2)C(=O)NC2CCN(Cc3ccccc3)CC2)nc(C)c1N. The Morgan fingerprint density at radius 2 is 1.58 bits per heavy atom. The van der Waals surface area contributed by atoms with Gasteiger partial charge in [-0.1, -0.05) is 48.5 Å². The van der Waals surface area contributed by atoms with Crippen LogP contribution in [0, 0.1) is 13.8 Å². The molecule has 38 heavy (non-hydrogen) atoms. The number of nitrogens with two attached hydrogens (primary N) is 1. The van der Waals surface area contributed by atoms with Crippen LogP contribution in [0.25, 0.3) is 0 Å². The van der Waals surface area contributed by atoms with Gasteiger partial charge in [0.05, 0.1) is 22.0 Å². The van der Waals surface area contributed by atoms with Crippen LogP contribution in [0.2, 0.25) is 0 Å². The lowest BCUT2D eigenvalue weighted by Gasteiger charge is -2.34.